The monoisotopic (exact) mass is 709 g/mol. The summed E-state index contributed by atoms with van der Waals surface area (Å²) >= 11 is 0. The van der Waals surface area contributed by atoms with Gasteiger partial charge in [-0.05, 0) is 61.9 Å². The summed E-state index contributed by atoms with van der Waals surface area (Å²) in [6, 6.07) is 23.4. The van der Waals surface area contributed by atoms with Crippen molar-refractivity contribution in [2.24, 2.45) is 5.92 Å². The van der Waals surface area contributed by atoms with E-state index in [1.165, 1.54) is 6.92 Å². The number of amides is 3. The SMILES string of the molecule is CC(C)[C@H](NC(=O)CCc1ccccc1)C(=O)N[C@@H](C)C(=O)NC(CC(=O)OC(C)(C)C)C(=O)Cn1nnc(-c2ccccc2-c2ccccc2)n1. The molecule has 3 atom stereocenters. The van der Waals surface area contributed by atoms with E-state index in [0.29, 0.717) is 17.8 Å². The van der Waals surface area contributed by atoms with Gasteiger partial charge < -0.3 is 20.7 Å². The molecular formula is C39H47N7O6. The first-order valence-electron chi connectivity index (χ1n) is 17.3. The van der Waals surface area contributed by atoms with Crippen LogP contribution >= 0.6 is 0 Å². The van der Waals surface area contributed by atoms with Crippen LogP contribution in [0.4, 0.5) is 0 Å². The van der Waals surface area contributed by atoms with E-state index in [2.05, 4.69) is 31.4 Å². The van der Waals surface area contributed by atoms with E-state index in [0.717, 1.165) is 21.5 Å². The van der Waals surface area contributed by atoms with E-state index >= 15 is 0 Å². The molecule has 4 aromatic rings. The predicted molar refractivity (Wildman–Crippen MR) is 195 cm³/mol. The minimum absolute atomic E-state index is 0.187. The van der Waals surface area contributed by atoms with Gasteiger partial charge in [0.05, 0.1) is 6.42 Å². The van der Waals surface area contributed by atoms with Crippen LogP contribution in [0.5, 0.6) is 0 Å². The molecule has 0 saturated carbocycles. The van der Waals surface area contributed by atoms with Crippen LogP contribution in [0.3, 0.4) is 0 Å². The van der Waals surface area contributed by atoms with Gasteiger partial charge in [-0.1, -0.05) is 98.8 Å². The summed E-state index contributed by atoms with van der Waals surface area (Å²) in [5, 5.41) is 20.7. The van der Waals surface area contributed by atoms with Crippen LogP contribution in [0.15, 0.2) is 84.9 Å². The highest BCUT2D eigenvalue weighted by Gasteiger charge is 2.31. The molecule has 13 heteroatoms. The Morgan fingerprint density at radius 2 is 1.38 bits per heavy atom. The number of aryl methyl sites for hydroxylation is 1. The Labute approximate surface area is 303 Å². The van der Waals surface area contributed by atoms with Gasteiger partial charge in [-0.15, -0.1) is 10.2 Å². The fraction of sp³-hybridized carbons (Fsp3) is 0.385. The second kappa shape index (κ2) is 18.0. The second-order valence-electron chi connectivity index (χ2n) is 13.9. The van der Waals surface area contributed by atoms with E-state index in [1.54, 1.807) is 34.6 Å². The van der Waals surface area contributed by atoms with Gasteiger partial charge in [0.15, 0.2) is 5.78 Å². The number of carbonyl (C=O) groups is 5. The van der Waals surface area contributed by atoms with Gasteiger partial charge in [-0.25, -0.2) is 0 Å². The van der Waals surface area contributed by atoms with Crippen molar-refractivity contribution >= 4 is 29.5 Å². The third-order valence-electron chi connectivity index (χ3n) is 8.00. The molecule has 3 N–H and O–H groups in total. The topological polar surface area (TPSA) is 174 Å². The van der Waals surface area contributed by atoms with Crippen molar-refractivity contribution in [3.8, 4) is 22.5 Å². The number of hydrogen-bond donors (Lipinski definition) is 3. The zero-order chi connectivity index (χ0) is 37.8. The molecule has 3 amide bonds. The Morgan fingerprint density at radius 3 is 2.02 bits per heavy atom. The van der Waals surface area contributed by atoms with Crippen LogP contribution in [0, 0.1) is 5.92 Å². The first-order chi connectivity index (χ1) is 24.7. The van der Waals surface area contributed by atoms with Crippen molar-refractivity contribution in [1.29, 1.82) is 0 Å². The van der Waals surface area contributed by atoms with Crippen LogP contribution in [0.1, 0.15) is 59.9 Å². The Kier molecular flexibility index (Phi) is 13.5. The lowest BCUT2D eigenvalue weighted by molar-refractivity contribution is -0.156. The number of nitrogens with one attached hydrogen (secondary N) is 3. The largest absolute Gasteiger partial charge is 0.460 e. The minimum Gasteiger partial charge on any atom is -0.460 e. The first kappa shape index (κ1) is 39.1. The number of aromatic nitrogens is 4. The second-order valence-corrected chi connectivity index (χ2v) is 13.9. The van der Waals surface area contributed by atoms with Gasteiger partial charge in [0.25, 0.3) is 0 Å². The average Bonchev–Trinajstić information content (AvgIpc) is 3.57. The van der Waals surface area contributed by atoms with Gasteiger partial charge in [0.2, 0.25) is 23.5 Å². The zero-order valence-corrected chi connectivity index (χ0v) is 30.5. The highest BCUT2D eigenvalue weighted by atomic mass is 16.6. The third-order valence-corrected chi connectivity index (χ3v) is 8.00. The minimum atomic E-state index is -1.33. The Bertz CT molecular complexity index is 1840. The number of hydrogen-bond acceptors (Lipinski definition) is 9. The maximum absolute atomic E-state index is 13.6. The lowest BCUT2D eigenvalue weighted by atomic mass is 9.99. The molecule has 0 aliphatic carbocycles. The molecule has 1 heterocycles. The van der Waals surface area contributed by atoms with Crippen LogP contribution in [-0.2, 0) is 41.7 Å². The molecule has 0 saturated heterocycles. The summed E-state index contributed by atoms with van der Waals surface area (Å²) in [4.78, 5) is 66.9. The van der Waals surface area contributed by atoms with Gasteiger partial charge in [-0.2, -0.15) is 4.80 Å². The summed E-state index contributed by atoms with van der Waals surface area (Å²) in [5.74, 6) is -2.84. The normalized spacial score (nSPS) is 13.1. The zero-order valence-electron chi connectivity index (χ0n) is 30.5. The number of nitrogens with zero attached hydrogens (tertiary/aromatic N) is 4. The highest BCUT2D eigenvalue weighted by Crippen LogP contribution is 2.29. The smallest absolute Gasteiger partial charge is 0.308 e. The van der Waals surface area contributed by atoms with Crippen molar-refractivity contribution in [1.82, 2.24) is 36.2 Å². The molecule has 0 aliphatic rings. The number of esters is 1. The van der Waals surface area contributed by atoms with Crippen LogP contribution in [-0.4, -0.2) is 73.4 Å². The average molecular weight is 710 g/mol. The van der Waals surface area contributed by atoms with Gasteiger partial charge in [0, 0.05) is 12.0 Å². The fourth-order valence-electron chi connectivity index (χ4n) is 5.36. The number of carbonyl (C=O) groups excluding carboxylic acids is 5. The number of ether oxygens (including phenoxy) is 1. The molecule has 0 aliphatic heterocycles. The molecule has 3 aromatic carbocycles. The van der Waals surface area contributed by atoms with E-state index < -0.39 is 60.3 Å². The molecule has 1 unspecified atom stereocenters. The Balaban J connectivity index is 1.43. The summed E-state index contributed by atoms with van der Waals surface area (Å²) in [6.45, 7) is 9.69. The molecule has 0 radical (unpaired) electrons. The third kappa shape index (κ3) is 11.7. The lowest BCUT2D eigenvalue weighted by Crippen LogP contribution is -2.56. The van der Waals surface area contributed by atoms with E-state index in [1.807, 2.05) is 84.9 Å². The van der Waals surface area contributed by atoms with Crippen LogP contribution < -0.4 is 16.0 Å². The molecule has 52 heavy (non-hydrogen) atoms. The number of tetrazole rings is 1. The molecule has 0 bridgehead atoms. The molecule has 0 fully saturated rings. The van der Waals surface area contributed by atoms with Crippen molar-refractivity contribution < 1.29 is 28.7 Å². The maximum Gasteiger partial charge on any atom is 0.308 e. The summed E-state index contributed by atoms with van der Waals surface area (Å²) in [6.07, 6.45) is 0.233. The quantitative estimate of drug-likeness (QED) is 0.145. The van der Waals surface area contributed by atoms with Crippen molar-refractivity contribution in [2.75, 3.05) is 0 Å². The lowest BCUT2D eigenvalue weighted by Gasteiger charge is -2.25. The molecule has 1 aromatic heterocycles. The van der Waals surface area contributed by atoms with Crippen LogP contribution in [0.2, 0.25) is 0 Å². The number of ketones is 1. The molecule has 4 rings (SSSR count). The van der Waals surface area contributed by atoms with E-state index in [4.69, 9.17) is 4.74 Å². The van der Waals surface area contributed by atoms with Crippen molar-refractivity contribution in [3.63, 3.8) is 0 Å². The molecule has 274 valence electrons. The Hall–Kier alpha value is -5.72. The number of Topliss-reactive ketones (excluding diaryl/α,β-unsaturated/α-hetero) is 1. The van der Waals surface area contributed by atoms with Gasteiger partial charge >= 0.3 is 5.97 Å². The van der Waals surface area contributed by atoms with Crippen molar-refractivity contribution in [3.05, 3.63) is 90.5 Å². The number of benzene rings is 3. The highest BCUT2D eigenvalue weighted by molar-refractivity contribution is 5.96. The number of rotatable bonds is 16. The first-order valence-corrected chi connectivity index (χ1v) is 17.3. The van der Waals surface area contributed by atoms with Crippen molar-refractivity contribution in [2.45, 2.75) is 91.1 Å². The van der Waals surface area contributed by atoms with Gasteiger partial charge in [0.1, 0.15) is 30.3 Å². The standard InChI is InChI=1S/C39H47N7O6/c1-25(2)35(42-33(48)22-21-27-15-9-7-10-16-27)38(51)40-26(3)37(50)41-31(23-34(49)52-39(4,5)6)32(47)24-46-44-36(43-45-46)30-20-14-13-19-29(30)28-17-11-8-12-18-28/h7-20,25-26,31,35H,21-24H2,1-6H3,(H,40,51)(H,41,50)(H,42,48)/t26-,31?,35-/m0/s1. The Morgan fingerprint density at radius 1 is 0.769 bits per heavy atom. The van der Waals surface area contributed by atoms with Crippen LogP contribution in [0.25, 0.3) is 22.5 Å². The molecule has 0 spiro atoms. The predicted octanol–water partition coefficient (Wildman–Crippen LogP) is 4.07. The summed E-state index contributed by atoms with van der Waals surface area (Å²) in [7, 11) is 0. The van der Waals surface area contributed by atoms with E-state index in [-0.39, 0.29) is 18.2 Å². The molecular weight excluding hydrogens is 662 g/mol. The maximum atomic E-state index is 13.6. The summed E-state index contributed by atoms with van der Waals surface area (Å²) < 4.78 is 5.43. The fourth-order valence-corrected chi connectivity index (χ4v) is 5.36. The summed E-state index contributed by atoms with van der Waals surface area (Å²) in [5.41, 5.74) is 2.71. The molecule has 13 nitrogen and oxygen atoms in total. The van der Waals surface area contributed by atoms with Gasteiger partial charge in [-0.3, -0.25) is 24.0 Å². The van der Waals surface area contributed by atoms with E-state index in [9.17, 15) is 24.0 Å².